The van der Waals surface area contributed by atoms with Gasteiger partial charge in [-0.15, -0.1) is 0 Å². The van der Waals surface area contributed by atoms with Crippen molar-refractivity contribution in [2.75, 3.05) is 7.11 Å². The molecule has 0 fully saturated rings. The summed E-state index contributed by atoms with van der Waals surface area (Å²) in [5, 5.41) is 0. The van der Waals surface area contributed by atoms with E-state index in [0.29, 0.717) is 11.8 Å². The highest BCUT2D eigenvalue weighted by Gasteiger charge is 2.35. The molecule has 3 aliphatic rings. The second-order valence-corrected chi connectivity index (χ2v) is 21.4. The molecule has 1 heteroatoms. The van der Waals surface area contributed by atoms with Crippen LogP contribution in [-0.2, 0) is 34.5 Å². The van der Waals surface area contributed by atoms with Gasteiger partial charge in [0.1, 0.15) is 5.75 Å². The first kappa shape index (κ1) is 39.4. The van der Waals surface area contributed by atoms with E-state index in [1.165, 1.54) is 91.6 Å². The molecule has 2 unspecified atom stereocenters. The predicted molar refractivity (Wildman–Crippen MR) is 239 cm³/mol. The van der Waals surface area contributed by atoms with Crippen molar-refractivity contribution < 1.29 is 4.74 Å². The number of allylic oxidation sites excluding steroid dienone is 2. The number of hydrogen-bond donors (Lipinski definition) is 0. The van der Waals surface area contributed by atoms with Crippen LogP contribution in [0, 0.1) is 0 Å². The fraction of sp³-hybridized carbons (Fsp3) is 0.481. The number of benzene rings is 4. The minimum absolute atomic E-state index is 0.0289. The first-order valence-electron chi connectivity index (χ1n) is 21.2. The van der Waals surface area contributed by atoms with E-state index < -0.39 is 0 Å². The molecular weight excluding hydrogens is 665 g/mol. The van der Waals surface area contributed by atoms with Crippen molar-refractivity contribution in [3.63, 3.8) is 0 Å². The number of hydrogen-bond acceptors (Lipinski definition) is 1. The Bertz CT molecular complexity index is 2170. The maximum atomic E-state index is 6.47. The molecule has 7 rings (SSSR count). The van der Waals surface area contributed by atoms with E-state index in [1.54, 1.807) is 16.7 Å². The number of aryl methyl sites for hydroxylation is 1. The molecule has 0 radical (unpaired) electrons. The molecule has 0 heterocycles. The van der Waals surface area contributed by atoms with Gasteiger partial charge in [-0.3, -0.25) is 0 Å². The molecule has 0 N–H and O–H groups in total. The van der Waals surface area contributed by atoms with Gasteiger partial charge in [-0.1, -0.05) is 161 Å². The van der Waals surface area contributed by atoms with Crippen LogP contribution >= 0.6 is 0 Å². The average molecular weight is 733 g/mol. The van der Waals surface area contributed by atoms with Crippen molar-refractivity contribution in [3.05, 3.63) is 121 Å². The molecule has 290 valence electrons. The largest absolute Gasteiger partial charge is 0.496 e. The molecule has 2 atom stereocenters. The Hall–Kier alpha value is -3.84. The molecule has 55 heavy (non-hydrogen) atoms. The molecule has 0 saturated heterocycles. The molecule has 0 spiro atoms. The van der Waals surface area contributed by atoms with E-state index in [9.17, 15) is 0 Å². The molecule has 0 bridgehead atoms. The molecule has 4 aromatic carbocycles. The van der Waals surface area contributed by atoms with E-state index in [2.05, 4.69) is 164 Å². The number of ether oxygens (including phenoxy) is 1. The number of methoxy groups -OCH3 is 1. The first-order chi connectivity index (χ1) is 25.6. The third-order valence-electron chi connectivity index (χ3n) is 13.2. The molecule has 0 amide bonds. The normalized spacial score (nSPS) is 18.2. The van der Waals surface area contributed by atoms with Gasteiger partial charge >= 0.3 is 0 Å². The van der Waals surface area contributed by atoms with Crippen LogP contribution in [0.2, 0.25) is 0 Å². The highest BCUT2D eigenvalue weighted by Crippen LogP contribution is 2.54. The van der Waals surface area contributed by atoms with Crippen molar-refractivity contribution in [2.24, 2.45) is 0 Å². The van der Waals surface area contributed by atoms with Crippen LogP contribution in [0.4, 0.5) is 0 Å². The Balaban J connectivity index is 1.31. The summed E-state index contributed by atoms with van der Waals surface area (Å²) < 4.78 is 6.47. The SMILES string of the molecule is COc1c(C(C)(C)C)cc2c(c1-c1cc(C(C)(C)C)cc(C(C)(C)C)c1)C=C(C)C2CCC1C(C)=Cc2c1cc1c(c2-c2ccc(C(C)(C)C)cc2)CCC1. The van der Waals surface area contributed by atoms with Crippen molar-refractivity contribution in [3.8, 4) is 28.0 Å². The van der Waals surface area contributed by atoms with E-state index in [4.69, 9.17) is 4.74 Å². The van der Waals surface area contributed by atoms with Gasteiger partial charge in [-0.2, -0.15) is 0 Å². The fourth-order valence-corrected chi connectivity index (χ4v) is 9.78. The van der Waals surface area contributed by atoms with Crippen LogP contribution in [-0.4, -0.2) is 7.11 Å². The molecule has 4 aromatic rings. The van der Waals surface area contributed by atoms with Gasteiger partial charge in [0.25, 0.3) is 0 Å². The lowest BCUT2D eigenvalue weighted by Gasteiger charge is -2.30. The van der Waals surface area contributed by atoms with Crippen LogP contribution in [0.15, 0.2) is 65.7 Å². The zero-order chi connectivity index (χ0) is 40.0. The molecule has 1 nitrogen and oxygen atoms in total. The minimum atomic E-state index is -0.0732. The molecule has 3 aliphatic carbocycles. The third kappa shape index (κ3) is 7.19. The standard InChI is InChI=1S/C54H68O/c1-32-25-45-43(29-35-17-16-18-42(35)48(45)34-19-21-37(22-20-34)51(3,4)5)40(32)23-24-41-33(2)26-46-44(41)31-47(54(12,13)14)50(55-15)49(46)36-27-38(52(6,7)8)30-39(28-36)53(9,10)11/h19-22,25-31,40-41H,16-18,23-24H2,1-15H3. The van der Waals surface area contributed by atoms with Crippen molar-refractivity contribution >= 4 is 12.2 Å². The Kier molecular flexibility index (Phi) is 9.79. The zero-order valence-electron chi connectivity index (χ0n) is 36.9. The summed E-state index contributed by atoms with van der Waals surface area (Å²) in [5.41, 5.74) is 23.1. The summed E-state index contributed by atoms with van der Waals surface area (Å²) in [7, 11) is 1.87. The summed E-state index contributed by atoms with van der Waals surface area (Å²) in [6.07, 6.45) is 11.0. The van der Waals surface area contributed by atoms with Gasteiger partial charge in [-0.25, -0.2) is 0 Å². The third-order valence-corrected chi connectivity index (χ3v) is 13.2. The fourth-order valence-electron chi connectivity index (χ4n) is 9.78. The molecular formula is C54H68O. The van der Waals surface area contributed by atoms with Gasteiger partial charge < -0.3 is 4.74 Å². The Morgan fingerprint density at radius 2 is 1.05 bits per heavy atom. The van der Waals surface area contributed by atoms with Gasteiger partial charge in [0, 0.05) is 23.0 Å². The van der Waals surface area contributed by atoms with Crippen LogP contribution in [0.25, 0.3) is 34.4 Å². The predicted octanol–water partition coefficient (Wildman–Crippen LogP) is 15.2. The highest BCUT2D eigenvalue weighted by molar-refractivity contribution is 5.89. The smallest absolute Gasteiger partial charge is 0.131 e. The maximum absolute atomic E-state index is 6.47. The molecule has 0 saturated carbocycles. The maximum Gasteiger partial charge on any atom is 0.131 e. The van der Waals surface area contributed by atoms with Crippen LogP contribution in [0.1, 0.15) is 184 Å². The Morgan fingerprint density at radius 3 is 1.55 bits per heavy atom. The topological polar surface area (TPSA) is 9.23 Å². The van der Waals surface area contributed by atoms with Gasteiger partial charge in [0.15, 0.2) is 0 Å². The Morgan fingerprint density at radius 1 is 0.545 bits per heavy atom. The monoisotopic (exact) mass is 733 g/mol. The summed E-state index contributed by atoms with van der Waals surface area (Å²) in [6, 6.07) is 22.0. The summed E-state index contributed by atoms with van der Waals surface area (Å²) in [6.45, 7) is 32.7. The van der Waals surface area contributed by atoms with Crippen molar-refractivity contribution in [2.45, 2.75) is 163 Å². The summed E-state index contributed by atoms with van der Waals surface area (Å²) in [4.78, 5) is 0. The quantitative estimate of drug-likeness (QED) is 0.192. The second kappa shape index (κ2) is 13.7. The molecule has 0 aromatic heterocycles. The van der Waals surface area contributed by atoms with E-state index in [1.807, 2.05) is 7.11 Å². The zero-order valence-corrected chi connectivity index (χ0v) is 36.9. The van der Waals surface area contributed by atoms with Gasteiger partial charge in [0.2, 0.25) is 0 Å². The average Bonchev–Trinajstić information content (AvgIpc) is 3.77. The highest BCUT2D eigenvalue weighted by atomic mass is 16.5. The first-order valence-corrected chi connectivity index (χ1v) is 21.2. The van der Waals surface area contributed by atoms with E-state index >= 15 is 0 Å². The van der Waals surface area contributed by atoms with Crippen molar-refractivity contribution in [1.82, 2.24) is 0 Å². The number of rotatable bonds is 6. The van der Waals surface area contributed by atoms with Crippen LogP contribution in [0.3, 0.4) is 0 Å². The Labute approximate surface area is 334 Å². The number of fused-ring (bicyclic) bond motifs is 3. The van der Waals surface area contributed by atoms with Gasteiger partial charge in [-0.05, 0) is 134 Å². The van der Waals surface area contributed by atoms with E-state index in [0.717, 1.165) is 18.6 Å². The lowest BCUT2D eigenvalue weighted by Crippen LogP contribution is -2.17. The van der Waals surface area contributed by atoms with Crippen LogP contribution < -0.4 is 4.74 Å². The minimum Gasteiger partial charge on any atom is -0.496 e. The summed E-state index contributed by atoms with van der Waals surface area (Å²) >= 11 is 0. The summed E-state index contributed by atoms with van der Waals surface area (Å²) in [5.74, 6) is 1.86. The van der Waals surface area contributed by atoms with Crippen molar-refractivity contribution in [1.29, 1.82) is 0 Å². The lowest BCUT2D eigenvalue weighted by atomic mass is 9.76. The lowest BCUT2D eigenvalue weighted by molar-refractivity contribution is 0.398. The van der Waals surface area contributed by atoms with E-state index in [-0.39, 0.29) is 21.7 Å². The van der Waals surface area contributed by atoms with Crippen LogP contribution in [0.5, 0.6) is 5.75 Å². The molecule has 0 aliphatic heterocycles. The van der Waals surface area contributed by atoms with Gasteiger partial charge in [0.05, 0.1) is 7.11 Å². The second-order valence-electron chi connectivity index (χ2n) is 21.4.